The van der Waals surface area contributed by atoms with Crippen LogP contribution in [0.15, 0.2) is 18.2 Å². The smallest absolute Gasteiger partial charge is 0.340 e. The second-order valence-corrected chi connectivity index (χ2v) is 5.87. The summed E-state index contributed by atoms with van der Waals surface area (Å²) in [5.74, 6) is -0.876. The molecule has 94 valence electrons. The topological polar surface area (TPSA) is 112 Å². The van der Waals surface area contributed by atoms with Gasteiger partial charge in [-0.15, -0.1) is 0 Å². The zero-order valence-electron chi connectivity index (χ0n) is 9.34. The molecule has 1 aromatic carbocycles. The summed E-state index contributed by atoms with van der Waals surface area (Å²) in [6.07, 6.45) is 1.07. The number of hydrogen-bond acceptors (Lipinski definition) is 6. The first-order chi connectivity index (χ1) is 7.79. The van der Waals surface area contributed by atoms with Gasteiger partial charge < -0.3 is 16.2 Å². The molecule has 0 aliphatic rings. The Bertz CT molecular complexity index is 525. The van der Waals surface area contributed by atoms with E-state index in [0.717, 1.165) is 6.26 Å². The third-order valence-electron chi connectivity index (χ3n) is 1.98. The van der Waals surface area contributed by atoms with Crippen LogP contribution in [0.4, 0.5) is 11.4 Å². The van der Waals surface area contributed by atoms with Crippen LogP contribution in [0, 0.1) is 0 Å². The van der Waals surface area contributed by atoms with E-state index in [1.807, 2.05) is 0 Å². The van der Waals surface area contributed by atoms with Gasteiger partial charge in [-0.05, 0) is 18.2 Å². The van der Waals surface area contributed by atoms with Crippen molar-refractivity contribution in [2.24, 2.45) is 0 Å². The quantitative estimate of drug-likeness (QED) is 0.583. The maximum Gasteiger partial charge on any atom is 0.340 e. The van der Waals surface area contributed by atoms with Crippen molar-refractivity contribution in [1.82, 2.24) is 0 Å². The number of esters is 1. The summed E-state index contributed by atoms with van der Waals surface area (Å²) in [6.45, 7) is -0.193. The summed E-state index contributed by atoms with van der Waals surface area (Å²) in [4.78, 5) is 11.5. The maximum atomic E-state index is 11.5. The molecule has 0 unspecified atom stereocenters. The molecule has 1 rings (SSSR count). The zero-order valence-corrected chi connectivity index (χ0v) is 10.2. The highest BCUT2D eigenvalue weighted by Crippen LogP contribution is 2.16. The van der Waals surface area contributed by atoms with E-state index in [9.17, 15) is 13.2 Å². The fourth-order valence-electron chi connectivity index (χ4n) is 1.13. The predicted octanol–water partition coefficient (Wildman–Crippen LogP) is 0.0524. The van der Waals surface area contributed by atoms with E-state index < -0.39 is 15.8 Å². The van der Waals surface area contributed by atoms with Crippen molar-refractivity contribution < 1.29 is 17.9 Å². The average molecular weight is 258 g/mol. The molecule has 0 fully saturated rings. The van der Waals surface area contributed by atoms with Crippen LogP contribution in [0.2, 0.25) is 0 Å². The van der Waals surface area contributed by atoms with Gasteiger partial charge in [-0.3, -0.25) is 0 Å². The molecule has 0 spiro atoms. The molecule has 4 N–H and O–H groups in total. The molecular weight excluding hydrogens is 244 g/mol. The molecule has 17 heavy (non-hydrogen) atoms. The Balaban J connectivity index is 2.65. The van der Waals surface area contributed by atoms with Gasteiger partial charge in [0.15, 0.2) is 9.84 Å². The van der Waals surface area contributed by atoms with Crippen molar-refractivity contribution in [2.45, 2.75) is 0 Å². The molecule has 0 aliphatic heterocycles. The highest BCUT2D eigenvalue weighted by atomic mass is 32.2. The van der Waals surface area contributed by atoms with E-state index in [1.165, 1.54) is 18.2 Å². The minimum atomic E-state index is -3.15. The van der Waals surface area contributed by atoms with Crippen LogP contribution in [0.3, 0.4) is 0 Å². The second-order valence-electron chi connectivity index (χ2n) is 3.61. The molecular formula is C10H14N2O4S. The van der Waals surface area contributed by atoms with Crippen LogP contribution in [-0.2, 0) is 14.6 Å². The predicted molar refractivity (Wildman–Crippen MR) is 65.3 cm³/mol. The zero-order chi connectivity index (χ0) is 13.1. The van der Waals surface area contributed by atoms with Crippen LogP contribution in [0.25, 0.3) is 0 Å². The third kappa shape index (κ3) is 4.31. The number of hydrogen-bond donors (Lipinski definition) is 2. The van der Waals surface area contributed by atoms with Crippen LogP contribution >= 0.6 is 0 Å². The molecule has 0 atom stereocenters. The average Bonchev–Trinajstić information content (AvgIpc) is 2.15. The van der Waals surface area contributed by atoms with Gasteiger partial charge in [0, 0.05) is 17.6 Å². The van der Waals surface area contributed by atoms with E-state index in [2.05, 4.69) is 0 Å². The Morgan fingerprint density at radius 3 is 2.53 bits per heavy atom. The van der Waals surface area contributed by atoms with Crippen LogP contribution in [0.1, 0.15) is 10.4 Å². The maximum absolute atomic E-state index is 11.5. The summed E-state index contributed by atoms with van der Waals surface area (Å²) >= 11 is 0. The van der Waals surface area contributed by atoms with Crippen molar-refractivity contribution in [3.63, 3.8) is 0 Å². The van der Waals surface area contributed by atoms with Gasteiger partial charge in [0.25, 0.3) is 0 Å². The minimum Gasteiger partial charge on any atom is -0.461 e. The highest BCUT2D eigenvalue weighted by Gasteiger charge is 2.12. The first kappa shape index (κ1) is 13.3. The number of benzene rings is 1. The van der Waals surface area contributed by atoms with Gasteiger partial charge in [0.1, 0.15) is 6.61 Å². The molecule has 0 bridgehead atoms. The molecule has 0 saturated heterocycles. The third-order valence-corrected chi connectivity index (χ3v) is 2.89. The number of rotatable bonds is 4. The largest absolute Gasteiger partial charge is 0.461 e. The number of carbonyl (C=O) groups is 1. The molecule has 7 heteroatoms. The molecule has 0 aliphatic carbocycles. The lowest BCUT2D eigenvalue weighted by Gasteiger charge is -2.06. The SMILES string of the molecule is CS(=O)(=O)CCOC(=O)c1ccc(N)cc1N. The Morgan fingerprint density at radius 1 is 1.35 bits per heavy atom. The minimum absolute atomic E-state index is 0.174. The Morgan fingerprint density at radius 2 is 2.00 bits per heavy atom. The second kappa shape index (κ2) is 5.05. The van der Waals surface area contributed by atoms with Crippen molar-refractivity contribution in [1.29, 1.82) is 0 Å². The van der Waals surface area contributed by atoms with Gasteiger partial charge in [0.2, 0.25) is 0 Å². The number of sulfone groups is 1. The summed E-state index contributed by atoms with van der Waals surface area (Å²) in [5.41, 5.74) is 11.9. The highest BCUT2D eigenvalue weighted by molar-refractivity contribution is 7.90. The van der Waals surface area contributed by atoms with Gasteiger partial charge in [-0.1, -0.05) is 0 Å². The summed E-state index contributed by atoms with van der Waals surface area (Å²) in [7, 11) is -3.15. The molecule has 0 amide bonds. The van der Waals surface area contributed by atoms with E-state index >= 15 is 0 Å². The van der Waals surface area contributed by atoms with Crippen molar-refractivity contribution >= 4 is 27.2 Å². The number of nitrogens with two attached hydrogens (primary N) is 2. The molecule has 0 radical (unpaired) electrons. The lowest BCUT2D eigenvalue weighted by atomic mass is 10.1. The number of nitrogen functional groups attached to an aromatic ring is 2. The first-order valence-electron chi connectivity index (χ1n) is 4.79. The number of ether oxygens (including phenoxy) is 1. The lowest BCUT2D eigenvalue weighted by Crippen LogP contribution is -2.15. The van der Waals surface area contributed by atoms with E-state index in [4.69, 9.17) is 16.2 Å². The molecule has 6 nitrogen and oxygen atoms in total. The monoisotopic (exact) mass is 258 g/mol. The fraction of sp³-hybridized carbons (Fsp3) is 0.300. The van der Waals surface area contributed by atoms with E-state index in [0.29, 0.717) is 5.69 Å². The summed E-state index contributed by atoms with van der Waals surface area (Å²) in [5, 5.41) is 0. The Kier molecular flexibility index (Phi) is 3.95. The summed E-state index contributed by atoms with van der Waals surface area (Å²) < 4.78 is 26.4. The van der Waals surface area contributed by atoms with Crippen molar-refractivity contribution in [2.75, 3.05) is 30.1 Å². The van der Waals surface area contributed by atoms with Crippen LogP contribution in [-0.4, -0.2) is 33.0 Å². The van der Waals surface area contributed by atoms with Crippen LogP contribution in [0.5, 0.6) is 0 Å². The molecule has 0 aromatic heterocycles. The van der Waals surface area contributed by atoms with Crippen molar-refractivity contribution in [3.8, 4) is 0 Å². The van der Waals surface area contributed by atoms with Gasteiger partial charge >= 0.3 is 5.97 Å². The van der Waals surface area contributed by atoms with E-state index in [-0.39, 0.29) is 23.6 Å². The molecule has 0 heterocycles. The Hall–Kier alpha value is -1.76. The normalized spacial score (nSPS) is 11.1. The molecule has 0 saturated carbocycles. The lowest BCUT2D eigenvalue weighted by molar-refractivity contribution is 0.0530. The number of carbonyl (C=O) groups excluding carboxylic acids is 1. The molecule has 1 aromatic rings. The summed E-state index contributed by atoms with van der Waals surface area (Å²) in [6, 6.07) is 4.39. The van der Waals surface area contributed by atoms with Crippen molar-refractivity contribution in [3.05, 3.63) is 23.8 Å². The van der Waals surface area contributed by atoms with Gasteiger partial charge in [0.05, 0.1) is 11.3 Å². The van der Waals surface area contributed by atoms with E-state index in [1.54, 1.807) is 0 Å². The Labute approximate surface area is 99.5 Å². The van der Waals surface area contributed by atoms with Gasteiger partial charge in [-0.2, -0.15) is 0 Å². The van der Waals surface area contributed by atoms with Gasteiger partial charge in [-0.25, -0.2) is 13.2 Å². The fourth-order valence-corrected chi connectivity index (χ4v) is 1.52. The standard InChI is InChI=1S/C10H14N2O4S/c1-17(14,15)5-4-16-10(13)8-3-2-7(11)6-9(8)12/h2-3,6H,4-5,11-12H2,1H3. The first-order valence-corrected chi connectivity index (χ1v) is 6.85. The number of anilines is 2. The van der Waals surface area contributed by atoms with Crippen LogP contribution < -0.4 is 11.5 Å².